The standard InChI is InChI=1S/C27H18ClF6N5O3S/c1-15-36-25(26(29,30)31)14-38(15)21-9-7-17(16-4-3-5-19(10-16)43(2,40)41)11-22(21)39-23(13-35-37-39)18-6-8-20(28)24(12-18)42-27(32,33)34/h3-14H,1-2H3. The minimum absolute atomic E-state index is 0.0191. The highest BCUT2D eigenvalue weighted by Gasteiger charge is 2.35. The van der Waals surface area contributed by atoms with E-state index < -0.39 is 33.8 Å². The van der Waals surface area contributed by atoms with Crippen LogP contribution < -0.4 is 4.74 Å². The van der Waals surface area contributed by atoms with Crippen LogP contribution in [0.15, 0.2) is 78.0 Å². The zero-order valence-corrected chi connectivity index (χ0v) is 23.5. The molecule has 0 unspecified atom stereocenters. The lowest BCUT2D eigenvalue weighted by atomic mass is 10.0. The summed E-state index contributed by atoms with van der Waals surface area (Å²) >= 11 is 5.91. The summed E-state index contributed by atoms with van der Waals surface area (Å²) in [5.41, 5.74) is 0.363. The molecule has 5 aromatic rings. The fourth-order valence-corrected chi connectivity index (χ4v) is 5.13. The number of aromatic nitrogens is 5. The van der Waals surface area contributed by atoms with Gasteiger partial charge in [-0.25, -0.2) is 18.1 Å². The molecule has 0 N–H and O–H groups in total. The van der Waals surface area contributed by atoms with Gasteiger partial charge in [0.1, 0.15) is 11.6 Å². The molecule has 3 aromatic carbocycles. The molecule has 2 heterocycles. The van der Waals surface area contributed by atoms with Gasteiger partial charge in [-0.3, -0.25) is 0 Å². The third kappa shape index (κ3) is 6.37. The highest BCUT2D eigenvalue weighted by Crippen LogP contribution is 2.37. The SMILES string of the molecule is Cc1nc(C(F)(F)F)cn1-c1ccc(-c2cccc(S(C)(=O)=O)c2)cc1-n1nncc1-c1ccc(Cl)c(OC(F)(F)F)c1. The molecule has 43 heavy (non-hydrogen) atoms. The van der Waals surface area contributed by atoms with E-state index in [0.717, 1.165) is 18.5 Å². The number of rotatable bonds is 6. The van der Waals surface area contributed by atoms with Gasteiger partial charge in [0.15, 0.2) is 15.5 Å². The minimum Gasteiger partial charge on any atom is -0.404 e. The van der Waals surface area contributed by atoms with Crippen molar-refractivity contribution < 1.29 is 39.5 Å². The minimum atomic E-state index is -5.03. The van der Waals surface area contributed by atoms with Crippen molar-refractivity contribution in [1.29, 1.82) is 0 Å². The number of hydrogen-bond acceptors (Lipinski definition) is 6. The summed E-state index contributed by atoms with van der Waals surface area (Å²) in [6.07, 6.45) is -6.68. The third-order valence-corrected chi connectivity index (χ3v) is 7.66. The summed E-state index contributed by atoms with van der Waals surface area (Å²) in [7, 11) is -3.57. The summed E-state index contributed by atoms with van der Waals surface area (Å²) in [5, 5.41) is 7.64. The maximum atomic E-state index is 13.5. The van der Waals surface area contributed by atoms with Gasteiger partial charge in [-0.15, -0.1) is 18.3 Å². The zero-order valence-electron chi connectivity index (χ0n) is 21.9. The maximum absolute atomic E-state index is 13.5. The molecule has 0 aliphatic rings. The van der Waals surface area contributed by atoms with Gasteiger partial charge in [-0.05, 0) is 54.4 Å². The van der Waals surface area contributed by atoms with Crippen molar-refractivity contribution in [3.05, 3.63) is 89.6 Å². The summed E-state index contributed by atoms with van der Waals surface area (Å²) in [4.78, 5) is 3.66. The second-order valence-corrected chi connectivity index (χ2v) is 11.7. The number of alkyl halides is 6. The van der Waals surface area contributed by atoms with Crippen LogP contribution >= 0.6 is 11.6 Å². The predicted octanol–water partition coefficient (Wildman–Crippen LogP) is 7.07. The van der Waals surface area contributed by atoms with Crippen LogP contribution in [0.25, 0.3) is 33.8 Å². The van der Waals surface area contributed by atoms with Gasteiger partial charge < -0.3 is 9.30 Å². The van der Waals surface area contributed by atoms with Crippen LogP contribution in [0.1, 0.15) is 11.5 Å². The van der Waals surface area contributed by atoms with Gasteiger partial charge >= 0.3 is 12.5 Å². The van der Waals surface area contributed by atoms with E-state index in [1.807, 2.05) is 0 Å². The predicted molar refractivity (Wildman–Crippen MR) is 144 cm³/mol. The molecule has 8 nitrogen and oxygen atoms in total. The molecular formula is C27H18ClF6N5O3S. The number of sulfone groups is 1. The molecule has 2 aromatic heterocycles. The van der Waals surface area contributed by atoms with Crippen LogP contribution in [0.5, 0.6) is 5.75 Å². The fraction of sp³-hybridized carbons (Fsp3) is 0.148. The molecule has 0 aliphatic heterocycles. The number of hydrogen-bond donors (Lipinski definition) is 0. The molecule has 16 heteroatoms. The Morgan fingerprint density at radius 1 is 0.884 bits per heavy atom. The van der Waals surface area contributed by atoms with Gasteiger partial charge in [0.05, 0.1) is 33.2 Å². The average Bonchev–Trinajstić information content (AvgIpc) is 3.55. The first-order chi connectivity index (χ1) is 20.0. The number of nitrogens with zero attached hydrogens (tertiary/aromatic N) is 5. The number of imidazole rings is 1. The van der Waals surface area contributed by atoms with E-state index in [-0.39, 0.29) is 38.4 Å². The number of benzene rings is 3. The van der Waals surface area contributed by atoms with E-state index in [4.69, 9.17) is 11.6 Å². The van der Waals surface area contributed by atoms with Crippen LogP contribution in [0.4, 0.5) is 26.3 Å². The summed E-state index contributed by atoms with van der Waals surface area (Å²) in [5.74, 6) is -0.708. The van der Waals surface area contributed by atoms with Crippen molar-refractivity contribution in [3.63, 3.8) is 0 Å². The maximum Gasteiger partial charge on any atom is 0.573 e. The lowest BCUT2D eigenvalue weighted by Crippen LogP contribution is -2.17. The molecule has 0 spiro atoms. The summed E-state index contributed by atoms with van der Waals surface area (Å²) < 4.78 is 110. The zero-order chi connectivity index (χ0) is 31.3. The molecule has 0 atom stereocenters. The van der Waals surface area contributed by atoms with Crippen LogP contribution in [0.2, 0.25) is 5.02 Å². The van der Waals surface area contributed by atoms with Crippen LogP contribution in [-0.4, -0.2) is 45.6 Å². The van der Waals surface area contributed by atoms with E-state index in [2.05, 4.69) is 20.0 Å². The first kappa shape index (κ1) is 30.1. The van der Waals surface area contributed by atoms with Gasteiger partial charge in [-0.2, -0.15) is 13.2 Å². The number of halogens is 7. The van der Waals surface area contributed by atoms with Crippen molar-refractivity contribution in [2.45, 2.75) is 24.4 Å². The van der Waals surface area contributed by atoms with Gasteiger partial charge in [-0.1, -0.05) is 41.1 Å². The lowest BCUT2D eigenvalue weighted by Gasteiger charge is -2.17. The molecule has 0 aliphatic carbocycles. The molecule has 5 rings (SSSR count). The van der Waals surface area contributed by atoms with E-state index >= 15 is 0 Å². The van der Waals surface area contributed by atoms with Gasteiger partial charge in [0.25, 0.3) is 0 Å². The molecule has 0 radical (unpaired) electrons. The van der Waals surface area contributed by atoms with Crippen LogP contribution in [0.3, 0.4) is 0 Å². The molecule has 224 valence electrons. The van der Waals surface area contributed by atoms with Gasteiger partial charge in [0.2, 0.25) is 0 Å². The summed E-state index contributed by atoms with van der Waals surface area (Å²) in [6, 6.07) is 14.2. The van der Waals surface area contributed by atoms with E-state index in [1.165, 1.54) is 64.8 Å². The Kier molecular flexibility index (Phi) is 7.50. The Balaban J connectivity index is 1.73. The van der Waals surface area contributed by atoms with Gasteiger partial charge in [0, 0.05) is 18.0 Å². The summed E-state index contributed by atoms with van der Waals surface area (Å²) in [6.45, 7) is 1.37. The highest BCUT2D eigenvalue weighted by atomic mass is 35.5. The Labute approximate surface area is 245 Å². The Bertz CT molecular complexity index is 1950. The Morgan fingerprint density at radius 2 is 1.58 bits per heavy atom. The monoisotopic (exact) mass is 641 g/mol. The molecular weight excluding hydrogens is 624 g/mol. The van der Waals surface area contributed by atoms with E-state index in [1.54, 1.807) is 12.1 Å². The van der Waals surface area contributed by atoms with Crippen LogP contribution in [0, 0.1) is 6.92 Å². The number of aryl methyl sites for hydroxylation is 1. The smallest absolute Gasteiger partial charge is 0.404 e. The highest BCUT2D eigenvalue weighted by molar-refractivity contribution is 7.90. The molecule has 0 fully saturated rings. The van der Waals surface area contributed by atoms with E-state index in [9.17, 15) is 34.8 Å². The normalized spacial score (nSPS) is 12.5. The Morgan fingerprint density at radius 3 is 2.23 bits per heavy atom. The lowest BCUT2D eigenvalue weighted by molar-refractivity contribution is -0.274. The molecule has 0 saturated carbocycles. The number of ether oxygens (including phenoxy) is 1. The fourth-order valence-electron chi connectivity index (χ4n) is 4.31. The largest absolute Gasteiger partial charge is 0.573 e. The molecule has 0 saturated heterocycles. The van der Waals surface area contributed by atoms with E-state index in [0.29, 0.717) is 11.1 Å². The van der Waals surface area contributed by atoms with Crippen molar-refractivity contribution in [2.75, 3.05) is 6.26 Å². The van der Waals surface area contributed by atoms with Crippen LogP contribution in [-0.2, 0) is 16.0 Å². The second kappa shape index (κ2) is 10.7. The Hall–Kier alpha value is -4.37. The van der Waals surface area contributed by atoms with Crippen molar-refractivity contribution in [3.8, 4) is 39.5 Å². The van der Waals surface area contributed by atoms with Crippen molar-refractivity contribution in [2.24, 2.45) is 0 Å². The first-order valence-corrected chi connectivity index (χ1v) is 14.3. The first-order valence-electron chi connectivity index (χ1n) is 12.1. The molecule has 0 bridgehead atoms. The van der Waals surface area contributed by atoms with Crippen molar-refractivity contribution in [1.82, 2.24) is 24.5 Å². The van der Waals surface area contributed by atoms with Crippen molar-refractivity contribution >= 4 is 21.4 Å². The molecule has 0 amide bonds. The third-order valence-electron chi connectivity index (χ3n) is 6.23. The average molecular weight is 642 g/mol. The topological polar surface area (TPSA) is 91.9 Å². The second-order valence-electron chi connectivity index (χ2n) is 9.27. The quantitative estimate of drug-likeness (QED) is 0.184.